The summed E-state index contributed by atoms with van der Waals surface area (Å²) in [6.45, 7) is 3.56. The van der Waals surface area contributed by atoms with E-state index in [0.717, 1.165) is 25.4 Å². The summed E-state index contributed by atoms with van der Waals surface area (Å²) >= 11 is 0. The molecule has 0 rings (SSSR count). The first-order valence-electron chi connectivity index (χ1n) is 10.7. The molecule has 0 atom stereocenters. The largest absolute Gasteiger partial charge is 0.431 e. The third-order valence-corrected chi connectivity index (χ3v) is 4.47. The van der Waals surface area contributed by atoms with Gasteiger partial charge < -0.3 is 9.47 Å². The molecule has 0 aliphatic carbocycles. The maximum absolute atomic E-state index is 11.4. The van der Waals surface area contributed by atoms with Crippen molar-refractivity contribution in [3.63, 3.8) is 0 Å². The Hall–Kier alpha value is -1.32. The Morgan fingerprint density at radius 1 is 0.615 bits per heavy atom. The number of hydrogen-bond donors (Lipinski definition) is 0. The van der Waals surface area contributed by atoms with E-state index in [1.165, 1.54) is 90.4 Å². The van der Waals surface area contributed by atoms with E-state index in [1.54, 1.807) is 0 Å². The summed E-state index contributed by atoms with van der Waals surface area (Å²) in [6, 6.07) is 0. The molecule has 0 aromatic heterocycles. The van der Waals surface area contributed by atoms with Gasteiger partial charge in [-0.1, -0.05) is 96.8 Å². The van der Waals surface area contributed by atoms with Crippen LogP contribution < -0.4 is 0 Å². The molecule has 0 amide bonds. The molecule has 0 bridgehead atoms. The van der Waals surface area contributed by atoms with Gasteiger partial charge in [0.1, 0.15) is 12.5 Å². The van der Waals surface area contributed by atoms with Gasteiger partial charge in [-0.25, -0.2) is 0 Å². The van der Waals surface area contributed by atoms with Gasteiger partial charge in [0.05, 0.1) is 0 Å². The number of carbonyl (C=O) groups is 2. The Morgan fingerprint density at radius 3 is 1.42 bits per heavy atom. The average molecular weight is 369 g/mol. The summed E-state index contributed by atoms with van der Waals surface area (Å²) < 4.78 is 9.34. The highest BCUT2D eigenvalue weighted by atomic mass is 16.6. The van der Waals surface area contributed by atoms with Gasteiger partial charge in [-0.05, 0) is 6.42 Å². The minimum atomic E-state index is -0.431. The molecule has 0 radical (unpaired) electrons. The Labute approximate surface area is 160 Å². The van der Waals surface area contributed by atoms with E-state index in [0.29, 0.717) is 6.42 Å². The van der Waals surface area contributed by atoms with Gasteiger partial charge in [0, 0.05) is 13.3 Å². The van der Waals surface area contributed by atoms with Crippen LogP contribution in [0, 0.1) is 0 Å². The maximum Gasteiger partial charge on any atom is 0.310 e. The van der Waals surface area contributed by atoms with E-state index in [2.05, 4.69) is 11.7 Å². The number of esters is 2. The molecule has 152 valence electrons. The molecular weight excluding hydrogens is 328 g/mol. The predicted octanol–water partition coefficient (Wildman–Crippen LogP) is 6.83. The molecule has 0 saturated heterocycles. The van der Waals surface area contributed by atoms with Crippen molar-refractivity contribution in [2.75, 3.05) is 0 Å². The molecule has 0 unspecified atom stereocenters. The Balaban J connectivity index is 3.18. The van der Waals surface area contributed by atoms with Crippen LogP contribution in [0.3, 0.4) is 0 Å². The van der Waals surface area contributed by atoms with Crippen molar-refractivity contribution in [2.45, 2.75) is 117 Å². The highest BCUT2D eigenvalue weighted by Crippen LogP contribution is 2.13. The maximum atomic E-state index is 11.4. The van der Waals surface area contributed by atoms with Crippen molar-refractivity contribution in [1.29, 1.82) is 0 Å². The summed E-state index contributed by atoms with van der Waals surface area (Å²) in [5.74, 6) is -0.706. The first-order valence-corrected chi connectivity index (χ1v) is 10.7. The van der Waals surface area contributed by atoms with E-state index in [4.69, 9.17) is 4.74 Å². The standard InChI is InChI=1S/C22H40O4/c1-3-4-5-6-7-8-9-10-11-12-13-14-15-16-17-18-22(24)26-20-19-25-21(2)23/h19-20H,3-18H2,1-2H3. The minimum Gasteiger partial charge on any atom is -0.431 e. The van der Waals surface area contributed by atoms with E-state index < -0.39 is 5.97 Å². The highest BCUT2D eigenvalue weighted by molar-refractivity contribution is 5.70. The monoisotopic (exact) mass is 368 g/mol. The average Bonchev–Trinajstić information content (AvgIpc) is 2.62. The zero-order valence-corrected chi connectivity index (χ0v) is 17.1. The SMILES string of the molecule is CCCCCCCCCCCCCCCCCC(=O)OC=COC(C)=O. The van der Waals surface area contributed by atoms with Gasteiger partial charge >= 0.3 is 11.9 Å². The van der Waals surface area contributed by atoms with Crippen LogP contribution in [0.2, 0.25) is 0 Å². The summed E-state index contributed by atoms with van der Waals surface area (Å²) in [6.07, 6.45) is 22.2. The minimum absolute atomic E-state index is 0.275. The Morgan fingerprint density at radius 2 is 1.00 bits per heavy atom. The summed E-state index contributed by atoms with van der Waals surface area (Å²) in [4.78, 5) is 21.9. The number of carbonyl (C=O) groups excluding carboxylic acids is 2. The van der Waals surface area contributed by atoms with Crippen LogP contribution >= 0.6 is 0 Å². The normalized spacial score (nSPS) is 11.0. The van der Waals surface area contributed by atoms with Crippen LogP contribution in [0.4, 0.5) is 0 Å². The molecule has 0 aromatic carbocycles. The number of hydrogen-bond acceptors (Lipinski definition) is 4. The third-order valence-electron chi connectivity index (χ3n) is 4.47. The first kappa shape index (κ1) is 24.7. The summed E-state index contributed by atoms with van der Waals surface area (Å²) in [7, 11) is 0. The third kappa shape index (κ3) is 20.7. The van der Waals surface area contributed by atoms with E-state index in [1.807, 2.05) is 0 Å². The topological polar surface area (TPSA) is 52.6 Å². The molecule has 0 saturated carbocycles. The van der Waals surface area contributed by atoms with Crippen LogP contribution in [-0.4, -0.2) is 11.9 Å². The van der Waals surface area contributed by atoms with Crippen LogP contribution in [0.1, 0.15) is 117 Å². The van der Waals surface area contributed by atoms with Gasteiger partial charge in [0.25, 0.3) is 0 Å². The summed E-state index contributed by atoms with van der Waals surface area (Å²) in [5.41, 5.74) is 0. The van der Waals surface area contributed by atoms with Crippen molar-refractivity contribution < 1.29 is 19.1 Å². The first-order chi connectivity index (χ1) is 12.7. The number of rotatable bonds is 18. The van der Waals surface area contributed by atoms with Gasteiger partial charge in [-0.2, -0.15) is 0 Å². The van der Waals surface area contributed by atoms with Crippen LogP contribution in [0.15, 0.2) is 12.5 Å². The molecule has 0 aromatic rings. The zero-order valence-electron chi connectivity index (χ0n) is 17.1. The lowest BCUT2D eigenvalue weighted by Gasteiger charge is -2.03. The fourth-order valence-electron chi connectivity index (χ4n) is 2.93. The van der Waals surface area contributed by atoms with Crippen LogP contribution in [0.25, 0.3) is 0 Å². The van der Waals surface area contributed by atoms with E-state index in [9.17, 15) is 9.59 Å². The second-order valence-corrected chi connectivity index (χ2v) is 7.07. The highest BCUT2D eigenvalue weighted by Gasteiger charge is 2.01. The second-order valence-electron chi connectivity index (χ2n) is 7.07. The van der Waals surface area contributed by atoms with Crippen molar-refractivity contribution in [2.24, 2.45) is 0 Å². The van der Waals surface area contributed by atoms with Crippen LogP contribution in [-0.2, 0) is 19.1 Å². The fraction of sp³-hybridized carbons (Fsp3) is 0.818. The number of unbranched alkanes of at least 4 members (excludes halogenated alkanes) is 14. The van der Waals surface area contributed by atoms with Crippen molar-refractivity contribution >= 4 is 11.9 Å². The Bertz CT molecular complexity index is 363. The molecule has 0 aliphatic rings. The van der Waals surface area contributed by atoms with E-state index >= 15 is 0 Å². The molecule has 0 N–H and O–H groups in total. The molecule has 0 fully saturated rings. The zero-order chi connectivity index (χ0) is 19.3. The van der Waals surface area contributed by atoms with Gasteiger partial charge in [-0.3, -0.25) is 9.59 Å². The molecule has 26 heavy (non-hydrogen) atoms. The van der Waals surface area contributed by atoms with Gasteiger partial charge in [0.2, 0.25) is 0 Å². The molecule has 0 aliphatic heterocycles. The van der Waals surface area contributed by atoms with Crippen molar-refractivity contribution in [1.82, 2.24) is 0 Å². The molecule has 0 heterocycles. The predicted molar refractivity (Wildman–Crippen MR) is 107 cm³/mol. The number of ether oxygens (including phenoxy) is 2. The summed E-state index contributed by atoms with van der Waals surface area (Å²) in [5, 5.41) is 0. The van der Waals surface area contributed by atoms with Gasteiger partial charge in [-0.15, -0.1) is 0 Å². The molecule has 0 spiro atoms. The molecular formula is C22H40O4. The Kier molecular flexibility index (Phi) is 19.0. The fourth-order valence-corrected chi connectivity index (χ4v) is 2.93. The van der Waals surface area contributed by atoms with Crippen molar-refractivity contribution in [3.8, 4) is 0 Å². The van der Waals surface area contributed by atoms with E-state index in [-0.39, 0.29) is 5.97 Å². The lowest BCUT2D eigenvalue weighted by molar-refractivity contribution is -0.140. The van der Waals surface area contributed by atoms with Crippen LogP contribution in [0.5, 0.6) is 0 Å². The lowest BCUT2D eigenvalue weighted by Crippen LogP contribution is -1.99. The van der Waals surface area contributed by atoms with Crippen molar-refractivity contribution in [3.05, 3.63) is 12.5 Å². The second kappa shape index (κ2) is 20.0. The lowest BCUT2D eigenvalue weighted by atomic mass is 10.0. The quantitative estimate of drug-likeness (QED) is 0.151. The molecule has 4 heteroatoms. The van der Waals surface area contributed by atoms with Gasteiger partial charge in [0.15, 0.2) is 0 Å². The molecule has 4 nitrogen and oxygen atoms in total. The smallest absolute Gasteiger partial charge is 0.310 e.